The van der Waals surface area contributed by atoms with Crippen LogP contribution in [-0.2, 0) is 11.2 Å². The molecule has 0 saturated heterocycles. The number of carboxylic acids is 1. The Bertz CT molecular complexity index is 487. The van der Waals surface area contributed by atoms with Crippen LogP contribution in [0.5, 0.6) is 5.75 Å². The van der Waals surface area contributed by atoms with Crippen LogP contribution in [0.15, 0.2) is 18.2 Å². The first kappa shape index (κ1) is 14.9. The average molecular weight is 277 g/mol. The molecule has 0 amide bonds. The van der Waals surface area contributed by atoms with E-state index in [0.717, 1.165) is 25.0 Å². The van der Waals surface area contributed by atoms with E-state index in [9.17, 15) is 9.90 Å². The van der Waals surface area contributed by atoms with Crippen LogP contribution in [0.25, 0.3) is 0 Å². The van der Waals surface area contributed by atoms with E-state index in [1.54, 1.807) is 7.11 Å². The predicted molar refractivity (Wildman–Crippen MR) is 78.2 cm³/mol. The third kappa shape index (κ3) is 2.96. The third-order valence-corrected chi connectivity index (χ3v) is 4.27. The number of ether oxygens (including phenoxy) is 1. The Balaban J connectivity index is 2.30. The SMILES string of the molecule is CCC(C)N(CC(=O)O)C1CCc2ccc(OC)cc21. The highest BCUT2D eigenvalue weighted by molar-refractivity contribution is 5.69. The first-order valence-corrected chi connectivity index (χ1v) is 7.21. The zero-order valence-corrected chi connectivity index (χ0v) is 12.4. The minimum atomic E-state index is -0.762. The summed E-state index contributed by atoms with van der Waals surface area (Å²) in [6.45, 7) is 4.29. The molecule has 1 N–H and O–H groups in total. The van der Waals surface area contributed by atoms with Gasteiger partial charge in [-0.3, -0.25) is 9.69 Å². The lowest BCUT2D eigenvalue weighted by Gasteiger charge is -2.33. The Labute approximate surface area is 120 Å². The topological polar surface area (TPSA) is 49.8 Å². The highest BCUT2D eigenvalue weighted by atomic mass is 16.5. The number of benzene rings is 1. The molecular weight excluding hydrogens is 254 g/mol. The van der Waals surface area contributed by atoms with Gasteiger partial charge in [0.05, 0.1) is 13.7 Å². The Hall–Kier alpha value is -1.55. The highest BCUT2D eigenvalue weighted by Gasteiger charge is 2.31. The van der Waals surface area contributed by atoms with Gasteiger partial charge in [-0.25, -0.2) is 0 Å². The second-order valence-corrected chi connectivity index (χ2v) is 5.44. The quantitative estimate of drug-likeness (QED) is 0.868. The van der Waals surface area contributed by atoms with Gasteiger partial charge in [-0.1, -0.05) is 13.0 Å². The lowest BCUT2D eigenvalue weighted by atomic mass is 10.0. The molecule has 2 rings (SSSR count). The smallest absolute Gasteiger partial charge is 0.317 e. The fourth-order valence-corrected chi connectivity index (χ4v) is 2.99. The summed E-state index contributed by atoms with van der Waals surface area (Å²) in [5, 5.41) is 9.17. The molecule has 0 spiro atoms. The fourth-order valence-electron chi connectivity index (χ4n) is 2.99. The molecule has 110 valence electrons. The van der Waals surface area contributed by atoms with Crippen molar-refractivity contribution in [1.29, 1.82) is 0 Å². The molecule has 0 bridgehead atoms. The van der Waals surface area contributed by atoms with Crippen LogP contribution >= 0.6 is 0 Å². The molecule has 2 atom stereocenters. The highest BCUT2D eigenvalue weighted by Crippen LogP contribution is 2.38. The maximum atomic E-state index is 11.2. The second kappa shape index (κ2) is 6.27. The summed E-state index contributed by atoms with van der Waals surface area (Å²) in [7, 11) is 1.66. The van der Waals surface area contributed by atoms with Crippen LogP contribution in [-0.4, -0.2) is 35.7 Å². The van der Waals surface area contributed by atoms with Gasteiger partial charge in [0, 0.05) is 12.1 Å². The largest absolute Gasteiger partial charge is 0.497 e. The van der Waals surface area contributed by atoms with Gasteiger partial charge >= 0.3 is 5.97 Å². The number of hydrogen-bond donors (Lipinski definition) is 1. The Morgan fingerprint density at radius 2 is 2.30 bits per heavy atom. The third-order valence-electron chi connectivity index (χ3n) is 4.27. The minimum Gasteiger partial charge on any atom is -0.497 e. The zero-order valence-electron chi connectivity index (χ0n) is 12.4. The number of carbonyl (C=O) groups is 1. The first-order valence-electron chi connectivity index (χ1n) is 7.21. The first-order chi connectivity index (χ1) is 9.56. The lowest BCUT2D eigenvalue weighted by molar-refractivity contribution is -0.139. The van der Waals surface area contributed by atoms with Gasteiger partial charge in [-0.15, -0.1) is 0 Å². The van der Waals surface area contributed by atoms with Crippen molar-refractivity contribution in [1.82, 2.24) is 4.90 Å². The molecule has 4 nitrogen and oxygen atoms in total. The van der Waals surface area contributed by atoms with E-state index >= 15 is 0 Å². The predicted octanol–water partition coefficient (Wildman–Crippen LogP) is 2.87. The summed E-state index contributed by atoms with van der Waals surface area (Å²) >= 11 is 0. The van der Waals surface area contributed by atoms with Crippen molar-refractivity contribution < 1.29 is 14.6 Å². The molecule has 20 heavy (non-hydrogen) atoms. The average Bonchev–Trinajstić information content (AvgIpc) is 2.86. The van der Waals surface area contributed by atoms with E-state index in [0.29, 0.717) is 0 Å². The van der Waals surface area contributed by atoms with Crippen LogP contribution in [0.2, 0.25) is 0 Å². The summed E-state index contributed by atoms with van der Waals surface area (Å²) in [5.41, 5.74) is 2.54. The van der Waals surface area contributed by atoms with Gasteiger partial charge in [0.15, 0.2) is 0 Å². The number of rotatable bonds is 6. The van der Waals surface area contributed by atoms with E-state index in [1.165, 1.54) is 11.1 Å². The van der Waals surface area contributed by atoms with Gasteiger partial charge in [0.1, 0.15) is 5.75 Å². The van der Waals surface area contributed by atoms with Crippen molar-refractivity contribution >= 4 is 5.97 Å². The van der Waals surface area contributed by atoms with Crippen LogP contribution in [0.4, 0.5) is 0 Å². The van der Waals surface area contributed by atoms with E-state index < -0.39 is 5.97 Å². The second-order valence-electron chi connectivity index (χ2n) is 5.44. The zero-order chi connectivity index (χ0) is 14.7. The molecule has 0 aliphatic heterocycles. The van der Waals surface area contributed by atoms with Crippen molar-refractivity contribution in [2.24, 2.45) is 0 Å². The van der Waals surface area contributed by atoms with E-state index in [2.05, 4.69) is 30.9 Å². The van der Waals surface area contributed by atoms with Crippen LogP contribution in [0, 0.1) is 0 Å². The summed E-state index contributed by atoms with van der Waals surface area (Å²) in [5.74, 6) is 0.0803. The number of carboxylic acid groups (broad SMARTS) is 1. The van der Waals surface area contributed by atoms with E-state index in [4.69, 9.17) is 4.74 Å². The molecule has 2 unspecified atom stereocenters. The van der Waals surface area contributed by atoms with E-state index in [1.807, 2.05) is 6.07 Å². The minimum absolute atomic E-state index is 0.0936. The molecule has 1 aromatic rings. The molecule has 1 aromatic carbocycles. The van der Waals surface area contributed by atoms with Gasteiger partial charge in [-0.2, -0.15) is 0 Å². The summed E-state index contributed by atoms with van der Waals surface area (Å²) < 4.78 is 5.30. The van der Waals surface area contributed by atoms with Gasteiger partial charge in [0.25, 0.3) is 0 Å². The number of fused-ring (bicyclic) bond motifs is 1. The molecule has 0 aromatic heterocycles. The maximum Gasteiger partial charge on any atom is 0.317 e. The van der Waals surface area contributed by atoms with Crippen molar-refractivity contribution in [3.63, 3.8) is 0 Å². The number of methoxy groups -OCH3 is 1. The number of aryl methyl sites for hydroxylation is 1. The monoisotopic (exact) mass is 277 g/mol. The molecule has 0 fully saturated rings. The van der Waals surface area contributed by atoms with Gasteiger partial charge in [0.2, 0.25) is 0 Å². The van der Waals surface area contributed by atoms with Crippen molar-refractivity contribution in [3.8, 4) is 5.75 Å². The summed E-state index contributed by atoms with van der Waals surface area (Å²) in [6.07, 6.45) is 2.94. The van der Waals surface area contributed by atoms with Crippen LogP contribution in [0.3, 0.4) is 0 Å². The molecule has 0 heterocycles. The van der Waals surface area contributed by atoms with Crippen LogP contribution < -0.4 is 4.74 Å². The molecule has 0 saturated carbocycles. The maximum absolute atomic E-state index is 11.2. The Kier molecular flexibility index (Phi) is 4.65. The molecule has 0 radical (unpaired) electrons. The summed E-state index contributed by atoms with van der Waals surface area (Å²) in [4.78, 5) is 13.3. The standard InChI is InChI=1S/C16H23NO3/c1-4-11(2)17(10-16(18)19)15-8-6-12-5-7-13(20-3)9-14(12)15/h5,7,9,11,15H,4,6,8,10H2,1-3H3,(H,18,19). The van der Waals surface area contributed by atoms with Crippen LogP contribution in [0.1, 0.15) is 43.9 Å². The Morgan fingerprint density at radius 3 is 2.90 bits per heavy atom. The fraction of sp³-hybridized carbons (Fsp3) is 0.562. The number of hydrogen-bond acceptors (Lipinski definition) is 3. The van der Waals surface area contributed by atoms with Gasteiger partial charge in [-0.05, 0) is 49.4 Å². The molecule has 4 heteroatoms. The molecule has 1 aliphatic rings. The number of nitrogens with zero attached hydrogens (tertiary/aromatic N) is 1. The lowest BCUT2D eigenvalue weighted by Crippen LogP contribution is -2.39. The van der Waals surface area contributed by atoms with Crippen molar-refractivity contribution in [3.05, 3.63) is 29.3 Å². The summed E-state index contributed by atoms with van der Waals surface area (Å²) in [6, 6.07) is 6.58. The molecule has 1 aliphatic carbocycles. The normalized spacial score (nSPS) is 18.9. The van der Waals surface area contributed by atoms with Gasteiger partial charge < -0.3 is 9.84 Å². The Morgan fingerprint density at radius 1 is 1.55 bits per heavy atom. The van der Waals surface area contributed by atoms with E-state index in [-0.39, 0.29) is 18.6 Å². The van der Waals surface area contributed by atoms with Crippen molar-refractivity contribution in [2.75, 3.05) is 13.7 Å². The van der Waals surface area contributed by atoms with Crippen molar-refractivity contribution in [2.45, 2.75) is 45.2 Å². The number of aliphatic carboxylic acids is 1. The molecular formula is C16H23NO3.